The maximum atomic E-state index is 15.0. The monoisotopic (exact) mass is 487 g/mol. The quantitative estimate of drug-likeness (QED) is 0.471. The van der Waals surface area contributed by atoms with Crippen LogP contribution in [0.5, 0.6) is 0 Å². The van der Waals surface area contributed by atoms with Crippen LogP contribution in [-0.4, -0.2) is 45.4 Å². The summed E-state index contributed by atoms with van der Waals surface area (Å²) in [6, 6.07) is 0.232. The lowest BCUT2D eigenvalue weighted by Crippen LogP contribution is -2.43. The average Bonchev–Trinajstić information content (AvgIpc) is 3.00. The largest absolute Gasteiger partial charge is 0.335 e. The number of aliphatic imine (C=N–C) groups is 1. The Bertz CT molecular complexity index is 942. The van der Waals surface area contributed by atoms with Gasteiger partial charge >= 0.3 is 0 Å². The third-order valence-corrected chi connectivity index (χ3v) is 7.83. The highest BCUT2D eigenvalue weighted by molar-refractivity contribution is 9.09. The molecule has 31 heavy (non-hydrogen) atoms. The number of rotatable bonds is 3. The molecule has 0 radical (unpaired) electrons. The van der Waals surface area contributed by atoms with Crippen LogP contribution in [0, 0.1) is 5.92 Å². The number of amides is 1. The van der Waals surface area contributed by atoms with Crippen molar-refractivity contribution in [3.8, 4) is 0 Å². The van der Waals surface area contributed by atoms with E-state index in [-0.39, 0.29) is 28.5 Å². The summed E-state index contributed by atoms with van der Waals surface area (Å²) < 4.78 is 15.0. The zero-order valence-electron chi connectivity index (χ0n) is 18.6. The number of allylic oxidation sites excluding steroid dienone is 7. The van der Waals surface area contributed by atoms with Gasteiger partial charge in [-0.3, -0.25) is 4.79 Å². The number of carbonyl (C=O) groups is 1. The van der Waals surface area contributed by atoms with Crippen LogP contribution in [0.25, 0.3) is 0 Å². The van der Waals surface area contributed by atoms with Crippen molar-refractivity contribution in [3.63, 3.8) is 0 Å². The molecular formula is C25H31BrFN3O. The topological polar surface area (TPSA) is 35.9 Å². The molecule has 1 amide bonds. The molecule has 0 bridgehead atoms. The van der Waals surface area contributed by atoms with Crippen molar-refractivity contribution in [1.82, 2.24) is 9.80 Å². The fraction of sp³-hybridized carbons (Fsp3) is 0.520. The Morgan fingerprint density at radius 1 is 1.26 bits per heavy atom. The Morgan fingerprint density at radius 3 is 2.84 bits per heavy atom. The van der Waals surface area contributed by atoms with E-state index < -0.39 is 0 Å². The van der Waals surface area contributed by atoms with Gasteiger partial charge in [-0.25, -0.2) is 9.38 Å². The first-order valence-electron chi connectivity index (χ1n) is 11.4. The van der Waals surface area contributed by atoms with Crippen molar-refractivity contribution in [2.45, 2.75) is 63.7 Å². The highest BCUT2D eigenvalue weighted by atomic mass is 79.9. The lowest BCUT2D eigenvalue weighted by atomic mass is 9.90. The van der Waals surface area contributed by atoms with Crippen molar-refractivity contribution in [3.05, 3.63) is 58.9 Å². The van der Waals surface area contributed by atoms with E-state index in [0.717, 1.165) is 42.9 Å². The number of hydrogen-bond acceptors (Lipinski definition) is 3. The van der Waals surface area contributed by atoms with Gasteiger partial charge in [0.15, 0.2) is 0 Å². The van der Waals surface area contributed by atoms with Crippen LogP contribution >= 0.6 is 15.9 Å². The molecule has 1 fully saturated rings. The summed E-state index contributed by atoms with van der Waals surface area (Å²) in [6.07, 6.45) is 15.0. The van der Waals surface area contributed by atoms with Gasteiger partial charge in [0.1, 0.15) is 17.4 Å². The molecule has 0 aromatic rings. The predicted molar refractivity (Wildman–Crippen MR) is 127 cm³/mol. The van der Waals surface area contributed by atoms with E-state index in [4.69, 9.17) is 4.99 Å². The lowest BCUT2D eigenvalue weighted by Gasteiger charge is -2.34. The molecule has 3 unspecified atom stereocenters. The third-order valence-electron chi connectivity index (χ3n) is 6.73. The van der Waals surface area contributed by atoms with Gasteiger partial charge in [-0.15, -0.1) is 0 Å². The van der Waals surface area contributed by atoms with Crippen molar-refractivity contribution >= 4 is 27.5 Å². The first-order valence-corrected chi connectivity index (χ1v) is 12.3. The Morgan fingerprint density at radius 2 is 2.06 bits per heavy atom. The molecule has 4 nitrogen and oxygen atoms in total. The minimum absolute atomic E-state index is 0.00626. The van der Waals surface area contributed by atoms with E-state index >= 15 is 0 Å². The Balaban J connectivity index is 1.66. The van der Waals surface area contributed by atoms with Gasteiger partial charge in [-0.1, -0.05) is 60.8 Å². The van der Waals surface area contributed by atoms with E-state index in [1.54, 1.807) is 0 Å². The summed E-state index contributed by atoms with van der Waals surface area (Å²) in [6.45, 7) is 7.53. The molecule has 166 valence electrons. The normalized spacial score (nSPS) is 29.0. The van der Waals surface area contributed by atoms with Gasteiger partial charge in [0, 0.05) is 41.1 Å². The summed E-state index contributed by atoms with van der Waals surface area (Å²) in [5.74, 6) is 0.419. The summed E-state index contributed by atoms with van der Waals surface area (Å²) in [4.78, 5) is 22.2. The van der Waals surface area contributed by atoms with Crippen LogP contribution in [0.4, 0.5) is 4.39 Å². The highest BCUT2D eigenvalue weighted by Crippen LogP contribution is 2.37. The van der Waals surface area contributed by atoms with Crippen LogP contribution in [0.1, 0.15) is 52.9 Å². The second-order valence-corrected chi connectivity index (χ2v) is 9.87. The third kappa shape index (κ3) is 4.36. The number of fused-ring (bicyclic) bond motifs is 1. The molecule has 0 spiro atoms. The summed E-state index contributed by atoms with van der Waals surface area (Å²) in [7, 11) is 0. The molecule has 0 saturated carbocycles. The average molecular weight is 488 g/mol. The fourth-order valence-corrected chi connectivity index (χ4v) is 5.06. The molecule has 4 rings (SSSR count). The second kappa shape index (κ2) is 9.27. The number of halogens is 2. The molecule has 0 N–H and O–H groups in total. The van der Waals surface area contributed by atoms with Gasteiger partial charge in [-0.05, 0) is 43.9 Å². The van der Waals surface area contributed by atoms with Crippen LogP contribution < -0.4 is 0 Å². The van der Waals surface area contributed by atoms with Crippen molar-refractivity contribution in [1.29, 1.82) is 0 Å². The van der Waals surface area contributed by atoms with Gasteiger partial charge in [0.05, 0.1) is 0 Å². The molecular weight excluding hydrogens is 457 g/mol. The molecule has 6 heteroatoms. The van der Waals surface area contributed by atoms with Crippen molar-refractivity contribution in [2.75, 3.05) is 13.1 Å². The van der Waals surface area contributed by atoms with Crippen LogP contribution in [0.3, 0.4) is 0 Å². The van der Waals surface area contributed by atoms with Crippen molar-refractivity contribution < 1.29 is 9.18 Å². The maximum absolute atomic E-state index is 15.0. The number of likely N-dealkylation sites (tertiary alicyclic amines) is 1. The minimum Gasteiger partial charge on any atom is -0.335 e. The number of carbonyl (C=O) groups excluding carboxylic acids is 1. The van der Waals surface area contributed by atoms with E-state index in [1.807, 2.05) is 42.2 Å². The first kappa shape index (κ1) is 22.3. The molecule has 1 aliphatic carbocycles. The molecule has 3 aliphatic heterocycles. The zero-order chi connectivity index (χ0) is 22.1. The SMILES string of the molecule is CCC1=CC(C(=O)N2CCCCCC2C)=NC2=CC(C3=C(F)C(C)C(Br)C=C3)=CCN12. The highest BCUT2D eigenvalue weighted by Gasteiger charge is 2.31. The Labute approximate surface area is 193 Å². The van der Waals surface area contributed by atoms with Crippen molar-refractivity contribution in [2.24, 2.45) is 10.9 Å². The lowest BCUT2D eigenvalue weighted by molar-refractivity contribution is -0.125. The van der Waals surface area contributed by atoms with E-state index in [1.165, 1.54) is 12.8 Å². The number of nitrogens with zero attached hydrogens (tertiary/aromatic N) is 3. The van der Waals surface area contributed by atoms with Crippen LogP contribution in [-0.2, 0) is 4.79 Å². The standard InChI is InChI=1S/C25H31BrFN3O/c1-4-19-15-22(25(31)29-12-7-5-6-8-16(29)2)28-23-14-18(11-13-30(19)23)20-9-10-21(26)17(3)24(20)27/h9-11,14-17,21H,4-8,12-13H2,1-3H3. The molecule has 3 heterocycles. The van der Waals surface area contributed by atoms with Gasteiger partial charge in [0.25, 0.3) is 5.91 Å². The van der Waals surface area contributed by atoms with E-state index in [0.29, 0.717) is 17.8 Å². The predicted octanol–water partition coefficient (Wildman–Crippen LogP) is 5.80. The van der Waals surface area contributed by atoms with E-state index in [9.17, 15) is 9.18 Å². The number of hydrogen-bond donors (Lipinski definition) is 0. The zero-order valence-corrected chi connectivity index (χ0v) is 20.2. The Hall–Kier alpha value is -1.95. The summed E-state index contributed by atoms with van der Waals surface area (Å²) in [5.41, 5.74) is 3.02. The van der Waals surface area contributed by atoms with Gasteiger partial charge < -0.3 is 9.80 Å². The summed E-state index contributed by atoms with van der Waals surface area (Å²) >= 11 is 3.51. The molecule has 4 aliphatic rings. The van der Waals surface area contributed by atoms with Crippen LogP contribution in [0.2, 0.25) is 0 Å². The minimum atomic E-state index is -0.208. The molecule has 0 aromatic heterocycles. The second-order valence-electron chi connectivity index (χ2n) is 8.81. The first-order chi connectivity index (χ1) is 14.9. The van der Waals surface area contributed by atoms with Crippen LogP contribution in [0.15, 0.2) is 63.9 Å². The van der Waals surface area contributed by atoms with Gasteiger partial charge in [-0.2, -0.15) is 0 Å². The molecule has 1 saturated heterocycles. The fourth-order valence-electron chi connectivity index (χ4n) is 4.68. The van der Waals surface area contributed by atoms with Gasteiger partial charge in [0.2, 0.25) is 0 Å². The smallest absolute Gasteiger partial charge is 0.272 e. The molecule has 0 aromatic carbocycles. The summed E-state index contributed by atoms with van der Waals surface area (Å²) in [5, 5.41) is 0. The maximum Gasteiger partial charge on any atom is 0.272 e. The molecule has 3 atom stereocenters. The number of alkyl halides is 1. The van der Waals surface area contributed by atoms with E-state index in [2.05, 4.69) is 34.7 Å². The Kier molecular flexibility index (Phi) is 6.65.